The van der Waals surface area contributed by atoms with Crippen LogP contribution in [0, 0.1) is 0 Å². The highest BCUT2D eigenvalue weighted by Gasteiger charge is 2.12. The number of H-pyrrole nitrogens is 2. The van der Waals surface area contributed by atoms with Crippen LogP contribution in [0.1, 0.15) is 20.7 Å². The van der Waals surface area contributed by atoms with Gasteiger partial charge < -0.3 is 19.8 Å². The highest BCUT2D eigenvalue weighted by molar-refractivity contribution is 6.34. The molecule has 4 rings (SSSR count). The van der Waals surface area contributed by atoms with Gasteiger partial charge in [-0.05, 0) is 36.4 Å². The van der Waals surface area contributed by atoms with Crippen molar-refractivity contribution in [1.29, 1.82) is 0 Å². The van der Waals surface area contributed by atoms with Crippen molar-refractivity contribution in [1.82, 2.24) is 9.97 Å². The fourth-order valence-electron chi connectivity index (χ4n) is 2.58. The Kier molecular flexibility index (Phi) is 5.39. The summed E-state index contributed by atoms with van der Waals surface area (Å²) in [5, 5.41) is 11.2. The van der Waals surface area contributed by atoms with Crippen molar-refractivity contribution in [2.45, 2.75) is 0 Å². The lowest BCUT2D eigenvalue weighted by Crippen LogP contribution is -2.01. The Morgan fingerprint density at radius 1 is 0.889 bits per heavy atom. The van der Waals surface area contributed by atoms with E-state index in [0.29, 0.717) is 10.6 Å². The molecule has 0 aliphatic rings. The van der Waals surface area contributed by atoms with Gasteiger partial charge in [0, 0.05) is 34.2 Å². The predicted molar refractivity (Wildman–Crippen MR) is 105 cm³/mol. The molecule has 0 spiro atoms. The number of ether oxygens (including phenoxy) is 1. The summed E-state index contributed by atoms with van der Waals surface area (Å²) in [6.07, 6.45) is 3.54. The second-order valence-corrected chi connectivity index (χ2v) is 6.41. The molecular formula is C19H14Cl2N2O4. The van der Waals surface area contributed by atoms with Gasteiger partial charge in [0.2, 0.25) is 0 Å². The van der Waals surface area contributed by atoms with Crippen LogP contribution in [-0.4, -0.2) is 34.1 Å². The lowest BCUT2D eigenvalue weighted by atomic mass is 10.1. The third kappa shape index (κ3) is 3.92. The fourth-order valence-corrected chi connectivity index (χ4v) is 3.06. The highest BCUT2D eigenvalue weighted by Crippen LogP contribution is 2.24. The van der Waals surface area contributed by atoms with Gasteiger partial charge in [-0.25, -0.2) is 9.59 Å². The van der Waals surface area contributed by atoms with Gasteiger partial charge in [-0.3, -0.25) is 0 Å². The van der Waals surface area contributed by atoms with Crippen molar-refractivity contribution in [2.75, 3.05) is 7.11 Å². The molecule has 4 aromatic rings. The molecule has 0 radical (unpaired) electrons. The summed E-state index contributed by atoms with van der Waals surface area (Å²) in [6, 6.07) is 10.3. The first kappa shape index (κ1) is 18.8. The second-order valence-electron chi connectivity index (χ2n) is 5.59. The summed E-state index contributed by atoms with van der Waals surface area (Å²) in [7, 11) is 1.33. The van der Waals surface area contributed by atoms with Gasteiger partial charge in [-0.15, -0.1) is 0 Å². The number of hydrogen-bond acceptors (Lipinski definition) is 3. The van der Waals surface area contributed by atoms with Crippen molar-refractivity contribution >= 4 is 56.9 Å². The maximum absolute atomic E-state index is 11.3. The number of carbonyl (C=O) groups is 2. The summed E-state index contributed by atoms with van der Waals surface area (Å²) < 4.78 is 4.61. The number of hydrogen-bond donors (Lipinski definition) is 3. The van der Waals surface area contributed by atoms with Crippen LogP contribution in [0.4, 0.5) is 0 Å². The zero-order valence-corrected chi connectivity index (χ0v) is 15.6. The number of halogens is 2. The molecule has 0 atom stereocenters. The Balaban J connectivity index is 0.000000156. The number of carbonyl (C=O) groups excluding carboxylic acids is 1. The molecule has 0 unspecified atom stereocenters. The van der Waals surface area contributed by atoms with Gasteiger partial charge in [0.1, 0.15) is 0 Å². The average molecular weight is 405 g/mol. The van der Waals surface area contributed by atoms with E-state index < -0.39 is 11.9 Å². The normalized spacial score (nSPS) is 10.5. The molecule has 0 aliphatic carbocycles. The molecular weight excluding hydrogens is 391 g/mol. The van der Waals surface area contributed by atoms with Crippen molar-refractivity contribution in [2.24, 2.45) is 0 Å². The maximum Gasteiger partial charge on any atom is 0.339 e. The SMILES string of the molecule is COC(=O)c1cc2cc[nH]c2cc1Cl.O=C(O)c1cc2cc[nH]c2cc1Cl. The van der Waals surface area contributed by atoms with Gasteiger partial charge >= 0.3 is 11.9 Å². The Labute approximate surface area is 163 Å². The number of carboxylic acids is 1. The number of aromatic amines is 2. The van der Waals surface area contributed by atoms with E-state index in [1.54, 1.807) is 42.7 Å². The summed E-state index contributed by atoms with van der Waals surface area (Å²) in [5.74, 6) is -1.42. The van der Waals surface area contributed by atoms with E-state index in [4.69, 9.17) is 28.3 Å². The third-order valence-electron chi connectivity index (χ3n) is 3.92. The molecule has 8 heteroatoms. The first-order valence-corrected chi connectivity index (χ1v) is 8.51. The predicted octanol–water partition coefficient (Wildman–Crippen LogP) is 5.13. The molecule has 2 aromatic heterocycles. The Morgan fingerprint density at radius 3 is 1.85 bits per heavy atom. The fraction of sp³-hybridized carbons (Fsp3) is 0.0526. The first-order valence-electron chi connectivity index (χ1n) is 7.75. The van der Waals surface area contributed by atoms with Crippen LogP contribution in [-0.2, 0) is 4.74 Å². The van der Waals surface area contributed by atoms with Crippen molar-refractivity contribution in [3.05, 3.63) is 70.0 Å². The summed E-state index contributed by atoms with van der Waals surface area (Å²) in [5.41, 5.74) is 2.27. The molecule has 0 amide bonds. The standard InChI is InChI=1S/C10H8ClNO2.C9H6ClNO2/c1-14-10(13)7-4-6-2-3-12-9(6)5-8(7)11;10-7-4-8-5(1-2-11-8)3-6(7)9(12)13/h2-5,12H,1H3;1-4,11H,(H,12,13). The van der Waals surface area contributed by atoms with Crippen molar-refractivity contribution in [3.63, 3.8) is 0 Å². The van der Waals surface area contributed by atoms with E-state index in [2.05, 4.69) is 14.7 Å². The van der Waals surface area contributed by atoms with Crippen LogP contribution < -0.4 is 0 Å². The van der Waals surface area contributed by atoms with Gasteiger partial charge in [0.05, 0.1) is 28.3 Å². The molecule has 6 nitrogen and oxygen atoms in total. The maximum atomic E-state index is 11.3. The molecule has 3 N–H and O–H groups in total. The molecule has 0 fully saturated rings. The van der Waals surface area contributed by atoms with Crippen molar-refractivity contribution in [3.8, 4) is 0 Å². The Hall–Kier alpha value is -2.96. The van der Waals surface area contributed by atoms with E-state index in [1.807, 2.05) is 6.07 Å². The quantitative estimate of drug-likeness (QED) is 0.403. The largest absolute Gasteiger partial charge is 0.478 e. The molecule has 0 saturated heterocycles. The van der Waals surface area contributed by atoms with Crippen LogP contribution in [0.5, 0.6) is 0 Å². The first-order chi connectivity index (χ1) is 12.9. The second kappa shape index (κ2) is 7.73. The summed E-state index contributed by atoms with van der Waals surface area (Å²) >= 11 is 11.7. The number of benzene rings is 2. The van der Waals surface area contributed by atoms with Gasteiger partial charge in [0.15, 0.2) is 0 Å². The van der Waals surface area contributed by atoms with Crippen LogP contribution >= 0.6 is 23.2 Å². The Morgan fingerprint density at radius 2 is 1.37 bits per heavy atom. The topological polar surface area (TPSA) is 95.2 Å². The van der Waals surface area contributed by atoms with Gasteiger partial charge in [-0.1, -0.05) is 23.2 Å². The zero-order valence-electron chi connectivity index (χ0n) is 14.0. The van der Waals surface area contributed by atoms with E-state index in [1.165, 1.54) is 7.11 Å². The number of rotatable bonds is 2. The van der Waals surface area contributed by atoms with E-state index in [-0.39, 0.29) is 10.6 Å². The molecule has 138 valence electrons. The number of esters is 1. The minimum Gasteiger partial charge on any atom is -0.478 e. The van der Waals surface area contributed by atoms with Gasteiger partial charge in [0.25, 0.3) is 0 Å². The Bertz CT molecular complexity index is 1150. The lowest BCUT2D eigenvalue weighted by molar-refractivity contribution is 0.0600. The summed E-state index contributed by atoms with van der Waals surface area (Å²) in [4.78, 5) is 27.9. The smallest absolute Gasteiger partial charge is 0.339 e. The number of aromatic carboxylic acids is 1. The van der Waals surface area contributed by atoms with E-state index in [0.717, 1.165) is 21.8 Å². The molecule has 27 heavy (non-hydrogen) atoms. The third-order valence-corrected chi connectivity index (χ3v) is 4.54. The molecule has 2 aromatic carbocycles. The van der Waals surface area contributed by atoms with Crippen LogP contribution in [0.25, 0.3) is 21.8 Å². The average Bonchev–Trinajstić information content (AvgIpc) is 3.28. The number of carboxylic acid groups (broad SMARTS) is 1. The molecule has 0 saturated carbocycles. The van der Waals surface area contributed by atoms with Gasteiger partial charge in [-0.2, -0.15) is 0 Å². The minimum absolute atomic E-state index is 0.133. The number of nitrogens with one attached hydrogen (secondary N) is 2. The van der Waals surface area contributed by atoms with E-state index in [9.17, 15) is 9.59 Å². The van der Waals surface area contributed by atoms with Crippen LogP contribution in [0.2, 0.25) is 10.0 Å². The highest BCUT2D eigenvalue weighted by atomic mass is 35.5. The summed E-state index contributed by atoms with van der Waals surface area (Å²) in [6.45, 7) is 0. The molecule has 0 bridgehead atoms. The number of methoxy groups -OCH3 is 1. The van der Waals surface area contributed by atoms with Crippen molar-refractivity contribution < 1.29 is 19.4 Å². The molecule has 2 heterocycles. The number of aromatic nitrogens is 2. The zero-order chi connectivity index (χ0) is 19.6. The minimum atomic E-state index is -1.01. The van der Waals surface area contributed by atoms with Crippen LogP contribution in [0.15, 0.2) is 48.8 Å². The van der Waals surface area contributed by atoms with Crippen LogP contribution in [0.3, 0.4) is 0 Å². The molecule has 0 aliphatic heterocycles. The monoisotopic (exact) mass is 404 g/mol. The lowest BCUT2D eigenvalue weighted by Gasteiger charge is -2.01. The number of fused-ring (bicyclic) bond motifs is 2. The van der Waals surface area contributed by atoms with E-state index >= 15 is 0 Å².